The first-order valence-electron chi connectivity index (χ1n) is 8.36. The number of nitrogens with one attached hydrogen (secondary N) is 2. The fourth-order valence-electron chi connectivity index (χ4n) is 2.98. The number of anilines is 1. The standard InChI is InChI=1S/C18H23N5O/c1-14(15-7-3-2-4-8-15)21-18(24)22-16-9-5-12-23(13-16)17-19-10-6-11-20-17/h2-4,6-8,10-11,14,16H,5,9,12-13H2,1H3,(H2,21,22,24). The van der Waals surface area contributed by atoms with Crippen LogP contribution < -0.4 is 15.5 Å². The van der Waals surface area contributed by atoms with Gasteiger partial charge in [0.05, 0.1) is 6.04 Å². The molecule has 0 radical (unpaired) electrons. The molecule has 2 N–H and O–H groups in total. The van der Waals surface area contributed by atoms with E-state index in [0.717, 1.165) is 37.4 Å². The molecule has 2 aromatic rings. The molecule has 2 unspecified atom stereocenters. The first-order chi connectivity index (χ1) is 11.7. The molecule has 1 aliphatic heterocycles. The Balaban J connectivity index is 1.53. The van der Waals surface area contributed by atoms with E-state index >= 15 is 0 Å². The number of carbonyl (C=O) groups excluding carboxylic acids is 1. The van der Waals surface area contributed by atoms with E-state index in [4.69, 9.17) is 0 Å². The Morgan fingerprint density at radius 3 is 2.71 bits per heavy atom. The van der Waals surface area contributed by atoms with Crippen LogP contribution in [0.3, 0.4) is 0 Å². The summed E-state index contributed by atoms with van der Waals surface area (Å²) in [5.41, 5.74) is 1.09. The largest absolute Gasteiger partial charge is 0.339 e. The smallest absolute Gasteiger partial charge is 0.315 e. The van der Waals surface area contributed by atoms with Crippen molar-refractivity contribution in [1.29, 1.82) is 0 Å². The number of piperidine rings is 1. The number of carbonyl (C=O) groups is 1. The number of amides is 2. The van der Waals surface area contributed by atoms with Gasteiger partial charge < -0.3 is 15.5 Å². The Bertz CT molecular complexity index is 649. The number of hydrogen-bond donors (Lipinski definition) is 2. The van der Waals surface area contributed by atoms with Crippen LogP contribution in [-0.2, 0) is 0 Å². The maximum atomic E-state index is 12.3. The van der Waals surface area contributed by atoms with E-state index in [-0.39, 0.29) is 18.1 Å². The van der Waals surface area contributed by atoms with Crippen molar-refractivity contribution in [3.05, 3.63) is 54.4 Å². The fourth-order valence-corrected chi connectivity index (χ4v) is 2.98. The lowest BCUT2D eigenvalue weighted by Crippen LogP contribution is -2.51. The zero-order chi connectivity index (χ0) is 16.8. The molecule has 0 spiro atoms. The van der Waals surface area contributed by atoms with Crippen LogP contribution in [-0.4, -0.2) is 35.1 Å². The van der Waals surface area contributed by atoms with Gasteiger partial charge in [0, 0.05) is 31.5 Å². The van der Waals surface area contributed by atoms with E-state index < -0.39 is 0 Å². The molecule has 0 saturated carbocycles. The van der Waals surface area contributed by atoms with Crippen molar-refractivity contribution in [2.45, 2.75) is 31.8 Å². The second kappa shape index (κ2) is 7.77. The highest BCUT2D eigenvalue weighted by Gasteiger charge is 2.23. The van der Waals surface area contributed by atoms with Crippen molar-refractivity contribution in [3.63, 3.8) is 0 Å². The number of urea groups is 1. The Labute approximate surface area is 142 Å². The third-order valence-corrected chi connectivity index (χ3v) is 4.24. The van der Waals surface area contributed by atoms with Crippen LogP contribution in [0.15, 0.2) is 48.8 Å². The summed E-state index contributed by atoms with van der Waals surface area (Å²) in [6.45, 7) is 3.64. The molecule has 6 heteroatoms. The molecule has 0 aliphatic carbocycles. The minimum Gasteiger partial charge on any atom is -0.339 e. The number of aromatic nitrogens is 2. The molecule has 6 nitrogen and oxygen atoms in total. The van der Waals surface area contributed by atoms with Gasteiger partial charge in [0.2, 0.25) is 5.95 Å². The van der Waals surface area contributed by atoms with E-state index in [1.807, 2.05) is 43.3 Å². The van der Waals surface area contributed by atoms with Crippen molar-refractivity contribution in [2.24, 2.45) is 0 Å². The lowest BCUT2D eigenvalue weighted by atomic mass is 10.1. The molecular weight excluding hydrogens is 302 g/mol. The van der Waals surface area contributed by atoms with Crippen LogP contribution in [0.5, 0.6) is 0 Å². The Morgan fingerprint density at radius 2 is 1.96 bits per heavy atom. The van der Waals surface area contributed by atoms with Crippen LogP contribution in [0.1, 0.15) is 31.4 Å². The van der Waals surface area contributed by atoms with Gasteiger partial charge in [0.25, 0.3) is 0 Å². The number of nitrogens with zero attached hydrogens (tertiary/aromatic N) is 3. The van der Waals surface area contributed by atoms with E-state index in [9.17, 15) is 4.79 Å². The minimum absolute atomic E-state index is 0.0247. The first-order valence-corrected chi connectivity index (χ1v) is 8.36. The van der Waals surface area contributed by atoms with Gasteiger partial charge in [-0.25, -0.2) is 14.8 Å². The minimum atomic E-state index is -0.132. The van der Waals surface area contributed by atoms with E-state index in [1.165, 1.54) is 0 Å². The average Bonchev–Trinajstić information content (AvgIpc) is 2.63. The zero-order valence-corrected chi connectivity index (χ0v) is 13.9. The molecule has 1 aromatic carbocycles. The lowest BCUT2D eigenvalue weighted by molar-refractivity contribution is 0.232. The van der Waals surface area contributed by atoms with Crippen LogP contribution in [0.2, 0.25) is 0 Å². The summed E-state index contributed by atoms with van der Waals surface area (Å²) in [7, 11) is 0. The second-order valence-electron chi connectivity index (χ2n) is 6.08. The predicted octanol–water partition coefficient (Wildman–Crippen LogP) is 2.51. The molecular formula is C18H23N5O. The van der Waals surface area contributed by atoms with Gasteiger partial charge in [-0.3, -0.25) is 0 Å². The Morgan fingerprint density at radius 1 is 1.21 bits per heavy atom. The van der Waals surface area contributed by atoms with Gasteiger partial charge in [-0.2, -0.15) is 0 Å². The molecule has 3 rings (SSSR count). The summed E-state index contributed by atoms with van der Waals surface area (Å²) in [6, 6.07) is 11.7. The summed E-state index contributed by atoms with van der Waals surface area (Å²) < 4.78 is 0. The van der Waals surface area contributed by atoms with Crippen molar-refractivity contribution in [1.82, 2.24) is 20.6 Å². The second-order valence-corrected chi connectivity index (χ2v) is 6.08. The summed E-state index contributed by atoms with van der Waals surface area (Å²) >= 11 is 0. The van der Waals surface area contributed by atoms with Gasteiger partial charge in [0.15, 0.2) is 0 Å². The van der Waals surface area contributed by atoms with Crippen LogP contribution in [0, 0.1) is 0 Å². The quantitative estimate of drug-likeness (QED) is 0.906. The van der Waals surface area contributed by atoms with Crippen LogP contribution in [0.25, 0.3) is 0 Å². The van der Waals surface area contributed by atoms with E-state index in [1.54, 1.807) is 12.4 Å². The third-order valence-electron chi connectivity index (χ3n) is 4.24. The normalized spacial score (nSPS) is 18.7. The van der Waals surface area contributed by atoms with Crippen molar-refractivity contribution >= 4 is 12.0 Å². The Kier molecular flexibility index (Phi) is 5.25. The molecule has 24 heavy (non-hydrogen) atoms. The molecule has 2 amide bonds. The first kappa shape index (κ1) is 16.2. The molecule has 1 saturated heterocycles. The highest BCUT2D eigenvalue weighted by atomic mass is 16.2. The molecule has 126 valence electrons. The maximum Gasteiger partial charge on any atom is 0.315 e. The maximum absolute atomic E-state index is 12.3. The zero-order valence-electron chi connectivity index (χ0n) is 13.9. The highest BCUT2D eigenvalue weighted by molar-refractivity contribution is 5.74. The summed E-state index contributed by atoms with van der Waals surface area (Å²) in [4.78, 5) is 23.0. The molecule has 2 heterocycles. The van der Waals surface area contributed by atoms with Crippen molar-refractivity contribution < 1.29 is 4.79 Å². The van der Waals surface area contributed by atoms with Crippen LogP contribution in [0.4, 0.5) is 10.7 Å². The number of benzene rings is 1. The summed E-state index contributed by atoms with van der Waals surface area (Å²) in [5, 5.41) is 6.07. The predicted molar refractivity (Wildman–Crippen MR) is 93.8 cm³/mol. The summed E-state index contributed by atoms with van der Waals surface area (Å²) in [5.74, 6) is 0.724. The monoisotopic (exact) mass is 325 g/mol. The van der Waals surface area contributed by atoms with Gasteiger partial charge in [-0.1, -0.05) is 30.3 Å². The SMILES string of the molecule is CC(NC(=O)NC1CCCN(c2ncccn2)C1)c1ccccc1. The summed E-state index contributed by atoms with van der Waals surface area (Å²) in [6.07, 6.45) is 5.47. The van der Waals surface area contributed by atoms with Crippen molar-refractivity contribution in [2.75, 3.05) is 18.0 Å². The molecule has 1 fully saturated rings. The van der Waals surface area contributed by atoms with E-state index in [0.29, 0.717) is 0 Å². The van der Waals surface area contributed by atoms with Gasteiger partial charge in [-0.05, 0) is 31.4 Å². The van der Waals surface area contributed by atoms with Gasteiger partial charge in [-0.15, -0.1) is 0 Å². The van der Waals surface area contributed by atoms with E-state index in [2.05, 4.69) is 25.5 Å². The van der Waals surface area contributed by atoms with Gasteiger partial charge >= 0.3 is 6.03 Å². The number of rotatable bonds is 4. The Hall–Kier alpha value is -2.63. The molecule has 2 atom stereocenters. The fraction of sp³-hybridized carbons (Fsp3) is 0.389. The molecule has 1 aromatic heterocycles. The van der Waals surface area contributed by atoms with Crippen molar-refractivity contribution in [3.8, 4) is 0 Å². The molecule has 0 bridgehead atoms. The highest BCUT2D eigenvalue weighted by Crippen LogP contribution is 2.15. The van der Waals surface area contributed by atoms with Crippen LogP contribution >= 0.6 is 0 Å². The van der Waals surface area contributed by atoms with Gasteiger partial charge in [0.1, 0.15) is 0 Å². The average molecular weight is 325 g/mol. The third kappa shape index (κ3) is 4.22. The number of hydrogen-bond acceptors (Lipinski definition) is 4. The topological polar surface area (TPSA) is 70.2 Å². The molecule has 1 aliphatic rings. The lowest BCUT2D eigenvalue weighted by Gasteiger charge is -2.33.